The van der Waals surface area contributed by atoms with Crippen molar-refractivity contribution in [1.29, 1.82) is 0 Å². The highest BCUT2D eigenvalue weighted by Crippen LogP contribution is 2.07. The van der Waals surface area contributed by atoms with Gasteiger partial charge >= 0.3 is 11.9 Å². The predicted octanol–water partition coefficient (Wildman–Crippen LogP) is 4.17. The van der Waals surface area contributed by atoms with Crippen LogP contribution < -0.4 is 0 Å². The van der Waals surface area contributed by atoms with Crippen LogP contribution in [0, 0.1) is 0 Å². The molecule has 0 radical (unpaired) electrons. The second kappa shape index (κ2) is 16.9. The maximum atomic E-state index is 10.9. The van der Waals surface area contributed by atoms with E-state index in [0.29, 0.717) is 19.4 Å². The zero-order valence-electron chi connectivity index (χ0n) is 12.7. The number of carbonyl (C=O) groups excluding carboxylic acids is 1. The van der Waals surface area contributed by atoms with Gasteiger partial charge in [0.1, 0.15) is 0 Å². The lowest BCUT2D eigenvalue weighted by Crippen LogP contribution is -2.03. The van der Waals surface area contributed by atoms with Gasteiger partial charge in [-0.05, 0) is 19.8 Å². The molecule has 0 saturated heterocycles. The fraction of sp³-hybridized carbons (Fsp3) is 0.867. The molecule has 0 spiro atoms. The van der Waals surface area contributed by atoms with Crippen molar-refractivity contribution in [2.45, 2.75) is 78.6 Å². The maximum absolute atomic E-state index is 10.9. The van der Waals surface area contributed by atoms with Gasteiger partial charge in [0.2, 0.25) is 0 Å². The largest absolute Gasteiger partial charge is 0.481 e. The highest BCUT2D eigenvalue weighted by atomic mass is 16.5. The molecule has 0 aliphatic heterocycles. The van der Waals surface area contributed by atoms with Crippen molar-refractivity contribution < 1.29 is 19.4 Å². The Hall–Kier alpha value is -1.06. The average molecular weight is 274 g/mol. The molecule has 114 valence electrons. The van der Waals surface area contributed by atoms with Crippen LogP contribution in [0.15, 0.2) is 0 Å². The number of unbranched alkanes of at least 4 members (excludes halogenated alkanes) is 5. The van der Waals surface area contributed by atoms with Gasteiger partial charge in [0.25, 0.3) is 0 Å². The Morgan fingerprint density at radius 1 is 0.842 bits per heavy atom. The van der Waals surface area contributed by atoms with Crippen LogP contribution in [-0.2, 0) is 14.3 Å². The fourth-order valence-electron chi connectivity index (χ4n) is 1.50. The van der Waals surface area contributed by atoms with Gasteiger partial charge in [-0.15, -0.1) is 0 Å². The molecule has 0 amide bonds. The van der Waals surface area contributed by atoms with Crippen LogP contribution in [0.5, 0.6) is 0 Å². The van der Waals surface area contributed by atoms with Crippen LogP contribution >= 0.6 is 0 Å². The molecule has 0 saturated carbocycles. The Morgan fingerprint density at radius 3 is 1.84 bits per heavy atom. The maximum Gasteiger partial charge on any atom is 0.305 e. The van der Waals surface area contributed by atoms with E-state index in [9.17, 15) is 9.59 Å². The van der Waals surface area contributed by atoms with Gasteiger partial charge in [-0.1, -0.05) is 46.0 Å². The van der Waals surface area contributed by atoms with E-state index < -0.39 is 5.97 Å². The lowest BCUT2D eigenvalue weighted by Gasteiger charge is -2.01. The Bertz CT molecular complexity index is 214. The number of ether oxygens (including phenoxy) is 1. The molecule has 0 aromatic heterocycles. The molecule has 0 aromatic rings. The lowest BCUT2D eigenvalue weighted by molar-refractivity contribution is -0.143. The summed E-state index contributed by atoms with van der Waals surface area (Å²) in [6, 6.07) is 0. The summed E-state index contributed by atoms with van der Waals surface area (Å²) in [5, 5.41) is 7.91. The standard InChI is InChI=1S/C11H22O2.C4H8O2/c1-3-5-6-7-8-9-10-11(12)13-4-2;1-2-3-4(5)6/h3-10H2,1-2H3;2-3H2,1H3,(H,5,6). The molecule has 4 heteroatoms. The summed E-state index contributed by atoms with van der Waals surface area (Å²) in [6.45, 7) is 6.40. The molecule has 0 fully saturated rings. The number of hydrogen-bond acceptors (Lipinski definition) is 3. The van der Waals surface area contributed by atoms with Crippen molar-refractivity contribution in [3.8, 4) is 0 Å². The molecule has 1 N–H and O–H groups in total. The van der Waals surface area contributed by atoms with Gasteiger partial charge in [0.05, 0.1) is 6.61 Å². The van der Waals surface area contributed by atoms with E-state index in [0.717, 1.165) is 12.8 Å². The summed E-state index contributed by atoms with van der Waals surface area (Å²) in [6.07, 6.45) is 8.93. The summed E-state index contributed by atoms with van der Waals surface area (Å²) < 4.78 is 4.83. The number of rotatable bonds is 10. The van der Waals surface area contributed by atoms with Crippen molar-refractivity contribution in [3.05, 3.63) is 0 Å². The smallest absolute Gasteiger partial charge is 0.305 e. The van der Waals surface area contributed by atoms with Gasteiger partial charge in [-0.2, -0.15) is 0 Å². The van der Waals surface area contributed by atoms with Crippen molar-refractivity contribution in [3.63, 3.8) is 0 Å². The summed E-state index contributed by atoms with van der Waals surface area (Å²) in [5.74, 6) is -0.754. The first-order valence-electron chi connectivity index (χ1n) is 7.45. The summed E-state index contributed by atoms with van der Waals surface area (Å²) in [4.78, 5) is 20.5. The van der Waals surface area contributed by atoms with Crippen LogP contribution in [0.1, 0.15) is 78.6 Å². The number of hydrogen-bond donors (Lipinski definition) is 1. The van der Waals surface area contributed by atoms with E-state index >= 15 is 0 Å². The first-order valence-corrected chi connectivity index (χ1v) is 7.45. The number of carboxylic acids is 1. The zero-order valence-corrected chi connectivity index (χ0v) is 12.7. The van der Waals surface area contributed by atoms with Crippen LogP contribution in [0.2, 0.25) is 0 Å². The first kappa shape index (κ1) is 20.3. The molecule has 4 nitrogen and oxygen atoms in total. The van der Waals surface area contributed by atoms with E-state index in [1.54, 1.807) is 0 Å². The highest BCUT2D eigenvalue weighted by Gasteiger charge is 1.99. The van der Waals surface area contributed by atoms with Gasteiger partial charge in [0.15, 0.2) is 0 Å². The van der Waals surface area contributed by atoms with Gasteiger partial charge < -0.3 is 9.84 Å². The van der Waals surface area contributed by atoms with Gasteiger partial charge in [0, 0.05) is 12.8 Å². The fourth-order valence-corrected chi connectivity index (χ4v) is 1.50. The Balaban J connectivity index is 0. The molecule has 19 heavy (non-hydrogen) atoms. The number of carbonyl (C=O) groups is 2. The van der Waals surface area contributed by atoms with Crippen LogP contribution in [0.25, 0.3) is 0 Å². The second-order valence-corrected chi connectivity index (χ2v) is 4.47. The number of aliphatic carboxylic acids is 1. The molecule has 0 aliphatic rings. The number of esters is 1. The minimum absolute atomic E-state index is 0.0435. The van der Waals surface area contributed by atoms with Crippen molar-refractivity contribution >= 4 is 11.9 Å². The molecule has 0 aromatic carbocycles. The Morgan fingerprint density at radius 2 is 1.42 bits per heavy atom. The predicted molar refractivity (Wildman–Crippen MR) is 77.2 cm³/mol. The van der Waals surface area contributed by atoms with E-state index in [2.05, 4.69) is 6.92 Å². The quantitative estimate of drug-likeness (QED) is 0.479. The molecule has 0 aliphatic carbocycles. The summed E-state index contributed by atoms with van der Waals surface area (Å²) in [7, 11) is 0. The van der Waals surface area contributed by atoms with E-state index in [1.165, 1.54) is 32.1 Å². The summed E-state index contributed by atoms with van der Waals surface area (Å²) >= 11 is 0. The van der Waals surface area contributed by atoms with Gasteiger partial charge in [-0.25, -0.2) is 0 Å². The summed E-state index contributed by atoms with van der Waals surface area (Å²) in [5.41, 5.74) is 0. The lowest BCUT2D eigenvalue weighted by atomic mass is 10.1. The molecule has 0 heterocycles. The molecule has 0 atom stereocenters. The Labute approximate surface area is 117 Å². The minimum Gasteiger partial charge on any atom is -0.481 e. The second-order valence-electron chi connectivity index (χ2n) is 4.47. The molecule has 0 rings (SSSR count). The minimum atomic E-state index is -0.711. The number of carboxylic acid groups (broad SMARTS) is 1. The topological polar surface area (TPSA) is 63.6 Å². The SMILES string of the molecule is CCCC(=O)O.CCCCCCCCC(=O)OCC. The average Bonchev–Trinajstić information content (AvgIpc) is 2.34. The normalized spacial score (nSPS) is 9.42. The highest BCUT2D eigenvalue weighted by molar-refractivity contribution is 5.69. The van der Waals surface area contributed by atoms with Crippen molar-refractivity contribution in [2.75, 3.05) is 6.61 Å². The molecular formula is C15H30O4. The monoisotopic (exact) mass is 274 g/mol. The first-order chi connectivity index (χ1) is 9.08. The van der Waals surface area contributed by atoms with Crippen molar-refractivity contribution in [2.24, 2.45) is 0 Å². The third kappa shape index (κ3) is 22.6. The van der Waals surface area contributed by atoms with Crippen molar-refractivity contribution in [1.82, 2.24) is 0 Å². The van der Waals surface area contributed by atoms with E-state index in [4.69, 9.17) is 9.84 Å². The van der Waals surface area contributed by atoms with Crippen LogP contribution in [-0.4, -0.2) is 23.7 Å². The van der Waals surface area contributed by atoms with E-state index in [1.807, 2.05) is 13.8 Å². The van der Waals surface area contributed by atoms with Gasteiger partial charge in [-0.3, -0.25) is 9.59 Å². The van der Waals surface area contributed by atoms with Crippen LogP contribution in [0.3, 0.4) is 0 Å². The molecule has 0 unspecified atom stereocenters. The third-order valence-corrected chi connectivity index (χ3v) is 2.50. The van der Waals surface area contributed by atoms with Crippen LogP contribution in [0.4, 0.5) is 0 Å². The molecular weight excluding hydrogens is 244 g/mol. The Kier molecular flexibility index (Phi) is 18.1. The third-order valence-electron chi connectivity index (χ3n) is 2.50. The zero-order chi connectivity index (χ0) is 14.9. The molecule has 0 bridgehead atoms. The van der Waals surface area contributed by atoms with E-state index in [-0.39, 0.29) is 5.97 Å².